The molecule has 0 unspecified atom stereocenters. The molecule has 5 nitrogen and oxygen atoms in total. The Balaban J connectivity index is 2.17. The van der Waals surface area contributed by atoms with E-state index in [1.54, 1.807) is 25.1 Å². The van der Waals surface area contributed by atoms with E-state index in [2.05, 4.69) is 10.5 Å². The quantitative estimate of drug-likeness (QED) is 0.656. The smallest absolute Gasteiger partial charge is 0.335 e. The van der Waals surface area contributed by atoms with Crippen LogP contribution in [-0.4, -0.2) is 23.9 Å². The molecule has 0 aliphatic heterocycles. The second kappa shape index (κ2) is 6.71. The molecule has 2 aromatic carbocycles. The van der Waals surface area contributed by atoms with Gasteiger partial charge >= 0.3 is 5.97 Å². The van der Waals surface area contributed by atoms with E-state index in [9.17, 15) is 9.18 Å². The van der Waals surface area contributed by atoms with Gasteiger partial charge in [-0.2, -0.15) is 5.10 Å². The Bertz CT molecular complexity index is 729. The number of hydrazone groups is 1. The fourth-order valence-corrected chi connectivity index (χ4v) is 1.83. The van der Waals surface area contributed by atoms with Crippen LogP contribution in [0, 0.1) is 5.82 Å². The van der Waals surface area contributed by atoms with Crippen LogP contribution in [0.5, 0.6) is 5.75 Å². The predicted molar refractivity (Wildman–Crippen MR) is 82.2 cm³/mol. The number of carboxylic acid groups (broad SMARTS) is 1. The highest BCUT2D eigenvalue weighted by molar-refractivity contribution is 5.99. The second-order valence-corrected chi connectivity index (χ2v) is 4.54. The molecular formula is C16H15FN2O3. The summed E-state index contributed by atoms with van der Waals surface area (Å²) >= 11 is 0. The highest BCUT2D eigenvalue weighted by atomic mass is 19.1. The van der Waals surface area contributed by atoms with Crippen LogP contribution >= 0.6 is 0 Å². The number of carboxylic acids is 1. The number of hydrogen-bond acceptors (Lipinski definition) is 4. The van der Waals surface area contributed by atoms with Crippen LogP contribution in [0.15, 0.2) is 47.6 Å². The van der Waals surface area contributed by atoms with Gasteiger partial charge in [-0.25, -0.2) is 9.18 Å². The van der Waals surface area contributed by atoms with Gasteiger partial charge in [0.25, 0.3) is 0 Å². The molecule has 0 aliphatic carbocycles. The molecule has 0 fully saturated rings. The van der Waals surface area contributed by atoms with Crippen molar-refractivity contribution in [3.05, 3.63) is 59.4 Å². The molecule has 0 atom stereocenters. The van der Waals surface area contributed by atoms with Crippen molar-refractivity contribution < 1.29 is 19.0 Å². The molecular weight excluding hydrogens is 287 g/mol. The van der Waals surface area contributed by atoms with E-state index in [0.29, 0.717) is 17.0 Å². The topological polar surface area (TPSA) is 70.9 Å². The third-order valence-corrected chi connectivity index (χ3v) is 3.03. The van der Waals surface area contributed by atoms with E-state index in [4.69, 9.17) is 9.84 Å². The van der Waals surface area contributed by atoms with E-state index in [0.717, 1.165) is 0 Å². The van der Waals surface area contributed by atoms with Gasteiger partial charge in [0.1, 0.15) is 0 Å². The number of rotatable bonds is 5. The Kier molecular flexibility index (Phi) is 4.73. The first-order chi connectivity index (χ1) is 10.5. The standard InChI is InChI=1S/C16H15FN2O3/c1-10(11-6-7-15(22-2)14(17)9-11)18-19-13-5-3-4-12(8-13)16(20)21/h3-9,19H,1-2H3,(H,20,21). The van der Waals surface area contributed by atoms with E-state index in [1.165, 1.54) is 31.4 Å². The highest BCUT2D eigenvalue weighted by Gasteiger charge is 2.06. The summed E-state index contributed by atoms with van der Waals surface area (Å²) in [6.07, 6.45) is 0. The molecule has 2 rings (SSSR count). The predicted octanol–water partition coefficient (Wildman–Crippen LogP) is 3.37. The molecule has 0 heterocycles. The number of halogens is 1. The number of benzene rings is 2. The van der Waals surface area contributed by atoms with Gasteiger partial charge in [0.15, 0.2) is 11.6 Å². The number of anilines is 1. The van der Waals surface area contributed by atoms with E-state index >= 15 is 0 Å². The lowest BCUT2D eigenvalue weighted by atomic mass is 10.1. The molecule has 0 aliphatic rings. The molecule has 0 radical (unpaired) electrons. The van der Waals surface area contributed by atoms with E-state index < -0.39 is 11.8 Å². The maximum Gasteiger partial charge on any atom is 0.335 e. The zero-order chi connectivity index (χ0) is 16.1. The Morgan fingerprint density at radius 2 is 2.00 bits per heavy atom. The number of nitrogens with one attached hydrogen (secondary N) is 1. The fourth-order valence-electron chi connectivity index (χ4n) is 1.83. The third-order valence-electron chi connectivity index (χ3n) is 3.03. The molecule has 0 spiro atoms. The van der Waals surface area contributed by atoms with Crippen molar-refractivity contribution in [2.75, 3.05) is 12.5 Å². The van der Waals surface area contributed by atoms with Crippen LogP contribution in [0.2, 0.25) is 0 Å². The minimum absolute atomic E-state index is 0.161. The SMILES string of the molecule is COc1ccc(C(C)=NNc2cccc(C(=O)O)c2)cc1F. The molecule has 6 heteroatoms. The van der Waals surface area contributed by atoms with Crippen molar-refractivity contribution in [1.82, 2.24) is 0 Å². The van der Waals surface area contributed by atoms with Crippen molar-refractivity contribution in [2.45, 2.75) is 6.92 Å². The molecule has 2 N–H and O–H groups in total. The van der Waals surface area contributed by atoms with Gasteiger partial charge in [0, 0.05) is 5.56 Å². The largest absolute Gasteiger partial charge is 0.494 e. The van der Waals surface area contributed by atoms with Gasteiger partial charge < -0.3 is 9.84 Å². The van der Waals surface area contributed by atoms with Crippen molar-refractivity contribution in [2.24, 2.45) is 5.10 Å². The molecule has 0 bridgehead atoms. The van der Waals surface area contributed by atoms with Gasteiger partial charge in [-0.1, -0.05) is 6.07 Å². The summed E-state index contributed by atoms with van der Waals surface area (Å²) in [5, 5.41) is 13.1. The van der Waals surface area contributed by atoms with E-state index in [-0.39, 0.29) is 11.3 Å². The lowest BCUT2D eigenvalue weighted by Gasteiger charge is -2.06. The molecule has 22 heavy (non-hydrogen) atoms. The first-order valence-electron chi connectivity index (χ1n) is 6.49. The molecule has 0 amide bonds. The third kappa shape index (κ3) is 3.60. The minimum atomic E-state index is -1.01. The van der Waals surface area contributed by atoms with Crippen LogP contribution in [0.4, 0.5) is 10.1 Å². The number of hydrogen-bond donors (Lipinski definition) is 2. The molecule has 0 saturated heterocycles. The molecule has 114 valence electrons. The number of carbonyl (C=O) groups is 1. The maximum absolute atomic E-state index is 13.7. The Morgan fingerprint density at radius 3 is 2.64 bits per heavy atom. The van der Waals surface area contributed by atoms with Gasteiger partial charge in [0.2, 0.25) is 0 Å². The molecule has 0 saturated carbocycles. The Morgan fingerprint density at radius 1 is 1.23 bits per heavy atom. The number of ether oxygens (including phenoxy) is 1. The van der Waals surface area contributed by atoms with Crippen molar-refractivity contribution in [3.63, 3.8) is 0 Å². The number of aromatic carboxylic acids is 1. The summed E-state index contributed by atoms with van der Waals surface area (Å²) in [4.78, 5) is 10.9. The van der Waals surface area contributed by atoms with Crippen molar-refractivity contribution in [1.29, 1.82) is 0 Å². The summed E-state index contributed by atoms with van der Waals surface area (Å²) in [6.45, 7) is 1.72. The van der Waals surface area contributed by atoms with Crippen LogP contribution in [0.1, 0.15) is 22.8 Å². The Labute approximate surface area is 127 Å². The van der Waals surface area contributed by atoms with Gasteiger partial charge in [-0.05, 0) is 43.3 Å². The minimum Gasteiger partial charge on any atom is -0.494 e. The fraction of sp³-hybridized carbons (Fsp3) is 0.125. The number of methoxy groups -OCH3 is 1. The summed E-state index contributed by atoms with van der Waals surface area (Å²) < 4.78 is 18.5. The zero-order valence-electron chi connectivity index (χ0n) is 12.1. The van der Waals surface area contributed by atoms with E-state index in [1.807, 2.05) is 0 Å². The normalized spacial score (nSPS) is 11.1. The summed E-state index contributed by atoms with van der Waals surface area (Å²) in [7, 11) is 1.40. The maximum atomic E-state index is 13.7. The lowest BCUT2D eigenvalue weighted by Crippen LogP contribution is -2.02. The summed E-state index contributed by atoms with van der Waals surface area (Å²) in [5.74, 6) is -1.32. The lowest BCUT2D eigenvalue weighted by molar-refractivity contribution is 0.0697. The first kappa shape index (κ1) is 15.5. The van der Waals surface area contributed by atoms with Gasteiger partial charge in [-0.3, -0.25) is 5.43 Å². The first-order valence-corrected chi connectivity index (χ1v) is 6.49. The summed E-state index contributed by atoms with van der Waals surface area (Å²) in [5.41, 5.74) is 4.61. The van der Waals surface area contributed by atoms with Crippen molar-refractivity contribution in [3.8, 4) is 5.75 Å². The zero-order valence-corrected chi connectivity index (χ0v) is 12.1. The average molecular weight is 302 g/mol. The van der Waals surface area contributed by atoms with Crippen molar-refractivity contribution >= 4 is 17.4 Å². The van der Waals surface area contributed by atoms with Crippen LogP contribution in [0.25, 0.3) is 0 Å². The van der Waals surface area contributed by atoms with Crippen LogP contribution in [0.3, 0.4) is 0 Å². The Hall–Kier alpha value is -2.89. The monoisotopic (exact) mass is 302 g/mol. The summed E-state index contributed by atoms with van der Waals surface area (Å²) in [6, 6.07) is 10.8. The number of nitrogens with zero attached hydrogens (tertiary/aromatic N) is 1. The average Bonchev–Trinajstić information content (AvgIpc) is 2.52. The molecule has 0 aromatic heterocycles. The molecule has 2 aromatic rings. The van der Waals surface area contributed by atoms with Gasteiger partial charge in [-0.15, -0.1) is 0 Å². The van der Waals surface area contributed by atoms with Crippen LogP contribution in [-0.2, 0) is 0 Å². The highest BCUT2D eigenvalue weighted by Crippen LogP contribution is 2.18. The van der Waals surface area contributed by atoms with Crippen LogP contribution < -0.4 is 10.2 Å². The van der Waals surface area contributed by atoms with Gasteiger partial charge in [0.05, 0.1) is 24.1 Å². The second-order valence-electron chi connectivity index (χ2n) is 4.54.